The summed E-state index contributed by atoms with van der Waals surface area (Å²) >= 11 is 3.33. The Morgan fingerprint density at radius 1 is 1.57 bits per heavy atom. The average molecular weight is 258 g/mol. The van der Waals surface area contributed by atoms with Gasteiger partial charge in [0.05, 0.1) is 0 Å². The van der Waals surface area contributed by atoms with Gasteiger partial charge in [-0.15, -0.1) is 0 Å². The van der Waals surface area contributed by atoms with Crippen LogP contribution in [0.25, 0.3) is 0 Å². The quantitative estimate of drug-likeness (QED) is 0.897. The molecule has 0 amide bonds. The molecule has 0 radical (unpaired) electrons. The molecule has 2 rings (SSSR count). The topological polar surface area (TPSA) is 25.2 Å². The Hall–Kier alpha value is -0.280. The van der Waals surface area contributed by atoms with Gasteiger partial charge in [-0.1, -0.05) is 13.8 Å². The fraction of sp³-hybridized carbons (Fsp3) is 0.636. The van der Waals surface area contributed by atoms with Crippen molar-refractivity contribution in [2.45, 2.75) is 32.2 Å². The van der Waals surface area contributed by atoms with Crippen LogP contribution in [0.15, 0.2) is 21.2 Å². The molecule has 1 saturated carbocycles. The smallest absolute Gasteiger partial charge is 0.169 e. The highest BCUT2D eigenvalue weighted by atomic mass is 79.9. The van der Waals surface area contributed by atoms with Crippen molar-refractivity contribution in [3.8, 4) is 0 Å². The van der Waals surface area contributed by atoms with Gasteiger partial charge in [-0.05, 0) is 46.9 Å². The normalized spacial score (nSPS) is 25.7. The monoisotopic (exact) mass is 257 g/mol. The van der Waals surface area contributed by atoms with E-state index in [4.69, 9.17) is 4.42 Å². The first kappa shape index (κ1) is 10.2. The highest BCUT2D eigenvalue weighted by molar-refractivity contribution is 9.10. The zero-order valence-corrected chi connectivity index (χ0v) is 10.2. The minimum atomic E-state index is 0.583. The fourth-order valence-electron chi connectivity index (χ4n) is 1.74. The Morgan fingerprint density at radius 3 is 2.93 bits per heavy atom. The summed E-state index contributed by atoms with van der Waals surface area (Å²) in [7, 11) is 0. The Kier molecular flexibility index (Phi) is 2.98. The third-order valence-electron chi connectivity index (χ3n) is 2.67. The summed E-state index contributed by atoms with van der Waals surface area (Å²) in [5, 5.41) is 3.46. The molecule has 0 aliphatic heterocycles. The highest BCUT2D eigenvalue weighted by Gasteiger charge is 2.40. The van der Waals surface area contributed by atoms with Crippen molar-refractivity contribution >= 4 is 15.9 Å². The number of halogens is 1. The van der Waals surface area contributed by atoms with E-state index in [2.05, 4.69) is 41.2 Å². The number of rotatable bonds is 4. The van der Waals surface area contributed by atoms with Gasteiger partial charge in [0.25, 0.3) is 0 Å². The lowest BCUT2D eigenvalue weighted by molar-refractivity contribution is 0.474. The molecule has 1 heterocycles. The SMILES string of the molecule is CC(C)NCC1CC1c1ccc(Br)o1. The fourth-order valence-corrected chi connectivity index (χ4v) is 2.06. The number of hydrogen-bond acceptors (Lipinski definition) is 2. The lowest BCUT2D eigenvalue weighted by atomic mass is 10.2. The van der Waals surface area contributed by atoms with E-state index in [0.717, 1.165) is 22.9 Å². The van der Waals surface area contributed by atoms with Gasteiger partial charge < -0.3 is 9.73 Å². The van der Waals surface area contributed by atoms with E-state index in [0.29, 0.717) is 12.0 Å². The maximum Gasteiger partial charge on any atom is 0.169 e. The van der Waals surface area contributed by atoms with Crippen LogP contribution in [0.2, 0.25) is 0 Å². The van der Waals surface area contributed by atoms with E-state index in [1.807, 2.05) is 6.07 Å². The zero-order valence-electron chi connectivity index (χ0n) is 8.59. The molecule has 0 bridgehead atoms. The Morgan fingerprint density at radius 2 is 2.36 bits per heavy atom. The van der Waals surface area contributed by atoms with Crippen LogP contribution in [-0.2, 0) is 0 Å². The van der Waals surface area contributed by atoms with E-state index in [1.54, 1.807) is 0 Å². The van der Waals surface area contributed by atoms with Crippen molar-refractivity contribution in [1.29, 1.82) is 0 Å². The molecule has 1 aliphatic carbocycles. The van der Waals surface area contributed by atoms with E-state index in [9.17, 15) is 0 Å². The van der Waals surface area contributed by atoms with E-state index >= 15 is 0 Å². The molecule has 2 unspecified atom stereocenters. The molecule has 78 valence electrons. The molecule has 1 aromatic heterocycles. The maximum absolute atomic E-state index is 5.53. The van der Waals surface area contributed by atoms with Crippen LogP contribution >= 0.6 is 15.9 Å². The van der Waals surface area contributed by atoms with E-state index < -0.39 is 0 Å². The second-order valence-corrected chi connectivity index (χ2v) is 5.09. The van der Waals surface area contributed by atoms with Crippen LogP contribution in [0, 0.1) is 5.92 Å². The third-order valence-corrected chi connectivity index (χ3v) is 3.10. The summed E-state index contributed by atoms with van der Waals surface area (Å²) in [6.45, 7) is 5.47. The van der Waals surface area contributed by atoms with Gasteiger partial charge in [-0.25, -0.2) is 0 Å². The number of hydrogen-bond donors (Lipinski definition) is 1. The molecule has 1 N–H and O–H groups in total. The standard InChI is InChI=1S/C11H16BrNO/c1-7(2)13-6-8-5-9(8)10-3-4-11(12)14-10/h3-4,7-9,13H,5-6H2,1-2H3. The first-order chi connectivity index (χ1) is 6.66. The van der Waals surface area contributed by atoms with Gasteiger partial charge in [0.15, 0.2) is 4.67 Å². The van der Waals surface area contributed by atoms with Crippen LogP contribution in [0.1, 0.15) is 31.9 Å². The van der Waals surface area contributed by atoms with Gasteiger partial charge in [-0.2, -0.15) is 0 Å². The lowest BCUT2D eigenvalue weighted by Gasteiger charge is -2.06. The predicted octanol–water partition coefficient (Wildman–Crippen LogP) is 3.14. The summed E-state index contributed by atoms with van der Waals surface area (Å²) in [6, 6.07) is 4.63. The van der Waals surface area contributed by atoms with Gasteiger partial charge >= 0.3 is 0 Å². The molecule has 2 atom stereocenters. The molecular formula is C11H16BrNO. The van der Waals surface area contributed by atoms with Crippen molar-refractivity contribution in [3.63, 3.8) is 0 Å². The highest BCUT2D eigenvalue weighted by Crippen LogP contribution is 2.47. The van der Waals surface area contributed by atoms with Crippen molar-refractivity contribution in [2.24, 2.45) is 5.92 Å². The second kappa shape index (κ2) is 4.07. The predicted molar refractivity (Wildman–Crippen MR) is 60.4 cm³/mol. The molecule has 1 aromatic rings. The summed E-state index contributed by atoms with van der Waals surface area (Å²) < 4.78 is 6.38. The van der Waals surface area contributed by atoms with Gasteiger partial charge in [-0.3, -0.25) is 0 Å². The van der Waals surface area contributed by atoms with E-state index in [-0.39, 0.29) is 0 Å². The zero-order chi connectivity index (χ0) is 10.1. The molecule has 0 spiro atoms. The summed E-state index contributed by atoms with van der Waals surface area (Å²) in [6.07, 6.45) is 1.26. The first-order valence-corrected chi connectivity index (χ1v) is 5.94. The number of furan rings is 1. The Labute approximate surface area is 93.2 Å². The second-order valence-electron chi connectivity index (χ2n) is 4.31. The largest absolute Gasteiger partial charge is 0.454 e. The van der Waals surface area contributed by atoms with Crippen molar-refractivity contribution < 1.29 is 4.42 Å². The van der Waals surface area contributed by atoms with E-state index in [1.165, 1.54) is 6.42 Å². The van der Waals surface area contributed by atoms with Gasteiger partial charge in [0.1, 0.15) is 5.76 Å². The van der Waals surface area contributed by atoms with Crippen LogP contribution in [-0.4, -0.2) is 12.6 Å². The summed E-state index contributed by atoms with van der Waals surface area (Å²) in [5.41, 5.74) is 0. The third kappa shape index (κ3) is 2.39. The summed E-state index contributed by atoms with van der Waals surface area (Å²) in [4.78, 5) is 0. The Balaban J connectivity index is 1.81. The minimum absolute atomic E-state index is 0.583. The van der Waals surface area contributed by atoms with Crippen molar-refractivity contribution in [2.75, 3.05) is 6.54 Å². The molecular weight excluding hydrogens is 242 g/mol. The van der Waals surface area contributed by atoms with Crippen molar-refractivity contribution in [1.82, 2.24) is 5.32 Å². The molecule has 1 fully saturated rings. The molecule has 2 nitrogen and oxygen atoms in total. The molecule has 0 aromatic carbocycles. The average Bonchev–Trinajstić information content (AvgIpc) is 2.78. The van der Waals surface area contributed by atoms with Crippen LogP contribution in [0.3, 0.4) is 0 Å². The minimum Gasteiger partial charge on any atom is -0.454 e. The molecule has 3 heteroatoms. The maximum atomic E-state index is 5.53. The first-order valence-electron chi connectivity index (χ1n) is 5.15. The van der Waals surface area contributed by atoms with Gasteiger partial charge in [0, 0.05) is 12.0 Å². The number of nitrogens with one attached hydrogen (secondary N) is 1. The summed E-state index contributed by atoms with van der Waals surface area (Å²) in [5.74, 6) is 2.55. The molecule has 14 heavy (non-hydrogen) atoms. The van der Waals surface area contributed by atoms with Crippen molar-refractivity contribution in [3.05, 3.63) is 22.6 Å². The van der Waals surface area contributed by atoms with Crippen LogP contribution in [0.5, 0.6) is 0 Å². The van der Waals surface area contributed by atoms with Crippen LogP contribution < -0.4 is 5.32 Å². The van der Waals surface area contributed by atoms with Crippen LogP contribution in [0.4, 0.5) is 0 Å². The van der Waals surface area contributed by atoms with Gasteiger partial charge in [0.2, 0.25) is 0 Å². The molecule has 1 aliphatic rings. The lowest BCUT2D eigenvalue weighted by Crippen LogP contribution is -2.25. The molecule has 0 saturated heterocycles. The Bertz CT molecular complexity index is 308.